The molecule has 0 saturated heterocycles. The molecule has 0 spiro atoms. The fraction of sp³-hybridized carbons (Fsp3) is 0.167. The maximum atomic E-state index is 13.6. The van der Waals surface area contributed by atoms with Crippen LogP contribution in [0, 0.1) is 25.2 Å². The van der Waals surface area contributed by atoms with Crippen LogP contribution >= 0.6 is 0 Å². The third-order valence-electron chi connectivity index (χ3n) is 4.86. The lowest BCUT2D eigenvalue weighted by molar-refractivity contribution is -0.114. The first-order valence-corrected chi connectivity index (χ1v) is 11.2. The summed E-state index contributed by atoms with van der Waals surface area (Å²) in [5.41, 5.74) is 2.64. The molecule has 8 heteroatoms. The van der Waals surface area contributed by atoms with Crippen LogP contribution in [0.15, 0.2) is 71.6 Å². The Kier molecular flexibility index (Phi) is 6.81. The topological polar surface area (TPSA) is 99.5 Å². The first-order chi connectivity index (χ1) is 15.2. The number of rotatable bonds is 7. The van der Waals surface area contributed by atoms with Crippen LogP contribution in [0.5, 0.6) is 5.75 Å². The minimum atomic E-state index is -4.04. The highest BCUT2D eigenvalue weighted by molar-refractivity contribution is 7.93. The Morgan fingerprint density at radius 1 is 1.03 bits per heavy atom. The largest absolute Gasteiger partial charge is 0.497 e. The summed E-state index contributed by atoms with van der Waals surface area (Å²) in [5.74, 6) is 0.0549. The van der Waals surface area contributed by atoms with Crippen molar-refractivity contribution in [1.82, 2.24) is 0 Å². The summed E-state index contributed by atoms with van der Waals surface area (Å²) in [6, 6.07) is 20.0. The number of aryl methyl sites for hydroxylation is 2. The summed E-state index contributed by atoms with van der Waals surface area (Å²) in [4.78, 5) is 12.9. The van der Waals surface area contributed by atoms with Crippen LogP contribution < -0.4 is 14.4 Å². The molecular weight excluding hydrogens is 426 g/mol. The zero-order chi connectivity index (χ0) is 23.3. The Bertz CT molecular complexity index is 1260. The molecule has 0 bridgehead atoms. The average molecular weight is 450 g/mol. The number of carbonyl (C=O) groups excluding carboxylic acids is 1. The minimum absolute atomic E-state index is 0.138. The molecule has 0 heterocycles. The van der Waals surface area contributed by atoms with Crippen molar-refractivity contribution in [3.05, 3.63) is 83.4 Å². The number of hydrogen-bond donors (Lipinski definition) is 1. The molecule has 0 aliphatic heterocycles. The number of ether oxygens (including phenoxy) is 1. The highest BCUT2D eigenvalue weighted by atomic mass is 32.2. The van der Waals surface area contributed by atoms with Gasteiger partial charge in [0.2, 0.25) is 5.91 Å². The lowest BCUT2D eigenvalue weighted by Crippen LogP contribution is -2.38. The Balaban J connectivity index is 1.97. The van der Waals surface area contributed by atoms with Crippen molar-refractivity contribution >= 4 is 27.3 Å². The molecule has 0 radical (unpaired) electrons. The van der Waals surface area contributed by atoms with Crippen LogP contribution in [0.3, 0.4) is 0 Å². The molecule has 1 amide bonds. The summed E-state index contributed by atoms with van der Waals surface area (Å²) < 4.78 is 33.5. The predicted octanol–water partition coefficient (Wildman–Crippen LogP) is 4.02. The van der Waals surface area contributed by atoms with E-state index >= 15 is 0 Å². The Hall–Kier alpha value is -3.83. The van der Waals surface area contributed by atoms with Crippen LogP contribution in [-0.2, 0) is 14.8 Å². The van der Waals surface area contributed by atoms with Crippen LogP contribution in [0.1, 0.15) is 16.7 Å². The summed E-state index contributed by atoms with van der Waals surface area (Å²) >= 11 is 0. The number of carbonyl (C=O) groups is 1. The number of nitrogens with zero attached hydrogens (tertiary/aromatic N) is 2. The smallest absolute Gasteiger partial charge is 0.265 e. The van der Waals surface area contributed by atoms with Crippen LogP contribution in [0.2, 0.25) is 0 Å². The summed E-state index contributed by atoms with van der Waals surface area (Å²) in [7, 11) is -2.52. The highest BCUT2D eigenvalue weighted by Gasteiger charge is 2.29. The van der Waals surface area contributed by atoms with Gasteiger partial charge in [0.1, 0.15) is 12.3 Å². The standard InChI is InChI=1S/C24H23N3O4S/c1-17-4-5-18(2)23(14-17)32(29,30)27(21-10-12-22(31-3)13-11-21)16-24(28)26-20-8-6-19(15-25)7-9-20/h4-14H,16H2,1-3H3,(H,26,28). The molecule has 0 unspecified atom stereocenters. The van der Waals surface area contributed by atoms with E-state index in [2.05, 4.69) is 5.32 Å². The summed E-state index contributed by atoms with van der Waals surface area (Å²) in [5, 5.41) is 11.6. The van der Waals surface area contributed by atoms with Gasteiger partial charge in [0.25, 0.3) is 10.0 Å². The minimum Gasteiger partial charge on any atom is -0.497 e. The molecule has 7 nitrogen and oxygen atoms in total. The maximum absolute atomic E-state index is 13.6. The molecule has 0 saturated carbocycles. The van der Waals surface area contributed by atoms with E-state index in [1.54, 1.807) is 67.6 Å². The van der Waals surface area contributed by atoms with Crippen LogP contribution in [0.25, 0.3) is 0 Å². The Labute approximate surface area is 187 Å². The van der Waals surface area contributed by atoms with Gasteiger partial charge < -0.3 is 10.1 Å². The number of benzene rings is 3. The van der Waals surface area contributed by atoms with Gasteiger partial charge in [0, 0.05) is 5.69 Å². The second-order valence-electron chi connectivity index (χ2n) is 7.22. The van der Waals surface area contributed by atoms with E-state index in [1.807, 2.05) is 19.1 Å². The van der Waals surface area contributed by atoms with Gasteiger partial charge in [-0.2, -0.15) is 5.26 Å². The molecule has 3 aromatic carbocycles. The summed E-state index contributed by atoms with van der Waals surface area (Å²) in [6.07, 6.45) is 0. The predicted molar refractivity (Wildman–Crippen MR) is 123 cm³/mol. The normalized spacial score (nSPS) is 10.8. The molecule has 0 aliphatic rings. The second-order valence-corrected chi connectivity index (χ2v) is 9.05. The number of sulfonamides is 1. The first kappa shape index (κ1) is 22.8. The zero-order valence-electron chi connectivity index (χ0n) is 18.0. The van der Waals surface area contributed by atoms with Crippen molar-refractivity contribution in [3.8, 4) is 11.8 Å². The van der Waals surface area contributed by atoms with Crippen molar-refractivity contribution in [2.45, 2.75) is 18.7 Å². The van der Waals surface area contributed by atoms with Gasteiger partial charge in [-0.15, -0.1) is 0 Å². The number of nitrogens with one attached hydrogen (secondary N) is 1. The fourth-order valence-corrected chi connectivity index (χ4v) is 4.86. The number of anilines is 2. The Morgan fingerprint density at radius 3 is 2.28 bits per heavy atom. The molecule has 1 N–H and O–H groups in total. The molecular formula is C24H23N3O4S. The van der Waals surface area contributed by atoms with E-state index in [0.717, 1.165) is 9.87 Å². The number of amides is 1. The highest BCUT2D eigenvalue weighted by Crippen LogP contribution is 2.28. The zero-order valence-corrected chi connectivity index (χ0v) is 18.8. The monoisotopic (exact) mass is 449 g/mol. The third-order valence-corrected chi connectivity index (χ3v) is 6.77. The van der Waals surface area contributed by atoms with E-state index < -0.39 is 22.5 Å². The van der Waals surface area contributed by atoms with Crippen molar-refractivity contribution in [3.63, 3.8) is 0 Å². The van der Waals surface area contributed by atoms with Gasteiger partial charge >= 0.3 is 0 Å². The molecule has 32 heavy (non-hydrogen) atoms. The number of nitriles is 1. The van der Waals surface area contributed by atoms with Gasteiger partial charge in [0.05, 0.1) is 29.3 Å². The van der Waals surface area contributed by atoms with Crippen molar-refractivity contribution < 1.29 is 17.9 Å². The SMILES string of the molecule is COc1ccc(N(CC(=O)Nc2ccc(C#N)cc2)S(=O)(=O)c2cc(C)ccc2C)cc1. The fourth-order valence-electron chi connectivity index (χ4n) is 3.13. The molecule has 3 rings (SSSR count). The van der Waals surface area contributed by atoms with Gasteiger partial charge in [-0.25, -0.2) is 8.42 Å². The lowest BCUT2D eigenvalue weighted by atomic mass is 10.2. The van der Waals surface area contributed by atoms with E-state index in [0.29, 0.717) is 28.3 Å². The Morgan fingerprint density at radius 2 is 1.69 bits per heavy atom. The van der Waals surface area contributed by atoms with Crippen LogP contribution in [-0.4, -0.2) is 28.0 Å². The van der Waals surface area contributed by atoms with Gasteiger partial charge in [-0.3, -0.25) is 9.10 Å². The molecule has 164 valence electrons. The van der Waals surface area contributed by atoms with Gasteiger partial charge in [-0.05, 0) is 79.6 Å². The molecule has 0 atom stereocenters. The molecule has 0 fully saturated rings. The molecule has 0 aliphatic carbocycles. The van der Waals surface area contributed by atoms with E-state index in [9.17, 15) is 13.2 Å². The number of hydrogen-bond acceptors (Lipinski definition) is 5. The first-order valence-electron chi connectivity index (χ1n) is 9.78. The quantitative estimate of drug-likeness (QED) is 0.587. The van der Waals surface area contributed by atoms with Crippen molar-refractivity contribution in [2.75, 3.05) is 23.3 Å². The van der Waals surface area contributed by atoms with E-state index in [-0.39, 0.29) is 4.90 Å². The van der Waals surface area contributed by atoms with Crippen LogP contribution in [0.4, 0.5) is 11.4 Å². The summed E-state index contributed by atoms with van der Waals surface area (Å²) in [6.45, 7) is 3.10. The van der Waals surface area contributed by atoms with Crippen molar-refractivity contribution in [2.24, 2.45) is 0 Å². The average Bonchev–Trinajstić information content (AvgIpc) is 2.79. The van der Waals surface area contributed by atoms with Gasteiger partial charge in [-0.1, -0.05) is 12.1 Å². The maximum Gasteiger partial charge on any atom is 0.265 e. The molecule has 0 aromatic heterocycles. The van der Waals surface area contributed by atoms with Crippen molar-refractivity contribution in [1.29, 1.82) is 5.26 Å². The van der Waals surface area contributed by atoms with Gasteiger partial charge in [0.15, 0.2) is 0 Å². The molecule has 3 aromatic rings. The van der Waals surface area contributed by atoms with E-state index in [4.69, 9.17) is 10.00 Å². The van der Waals surface area contributed by atoms with E-state index in [1.165, 1.54) is 7.11 Å². The second kappa shape index (κ2) is 9.54. The third kappa shape index (κ3) is 5.07. The number of methoxy groups -OCH3 is 1. The lowest BCUT2D eigenvalue weighted by Gasteiger charge is -2.25.